The van der Waals surface area contributed by atoms with Gasteiger partial charge in [0.2, 0.25) is 5.91 Å². The highest BCUT2D eigenvalue weighted by atomic mass is 32.2. The predicted octanol–water partition coefficient (Wildman–Crippen LogP) is 2.84. The number of thioether (sulfide) groups is 1. The molecule has 118 valence electrons. The second kappa shape index (κ2) is 7.45. The molecule has 0 bridgehead atoms. The zero-order chi connectivity index (χ0) is 16.1. The molecular weight excluding hydrogens is 296 g/mol. The van der Waals surface area contributed by atoms with Gasteiger partial charge in [0.05, 0.1) is 5.75 Å². The third-order valence-corrected chi connectivity index (χ3v) is 4.65. The number of benzene rings is 1. The number of carbonyl (C=O) groups excluding carboxylic acids is 1. The summed E-state index contributed by atoms with van der Waals surface area (Å²) in [5.41, 5.74) is 3.50. The topological polar surface area (TPSA) is 51.0 Å². The summed E-state index contributed by atoms with van der Waals surface area (Å²) >= 11 is 1.42. The molecule has 5 nitrogen and oxygen atoms in total. The van der Waals surface area contributed by atoms with Crippen LogP contribution in [0.1, 0.15) is 25.0 Å². The maximum absolute atomic E-state index is 12.1. The van der Waals surface area contributed by atoms with E-state index in [0.29, 0.717) is 5.75 Å². The average Bonchev–Trinajstić information content (AvgIpc) is 2.97. The van der Waals surface area contributed by atoms with Crippen LogP contribution >= 0.6 is 11.8 Å². The highest BCUT2D eigenvalue weighted by Crippen LogP contribution is 2.21. The minimum absolute atomic E-state index is 0.129. The zero-order valence-corrected chi connectivity index (χ0v) is 14.4. The maximum atomic E-state index is 12.1. The van der Waals surface area contributed by atoms with Crippen molar-refractivity contribution in [3.8, 4) is 5.69 Å². The Morgan fingerprint density at radius 2 is 1.95 bits per heavy atom. The fraction of sp³-hybridized carbons (Fsp3) is 0.438. The third-order valence-electron chi connectivity index (χ3n) is 3.73. The number of carbonyl (C=O) groups is 1. The molecule has 0 aliphatic rings. The molecule has 2 aromatic rings. The van der Waals surface area contributed by atoms with Crippen LogP contribution in [-0.2, 0) is 4.79 Å². The van der Waals surface area contributed by atoms with Crippen molar-refractivity contribution in [3.63, 3.8) is 0 Å². The van der Waals surface area contributed by atoms with Gasteiger partial charge in [-0.25, -0.2) is 0 Å². The standard InChI is InChI=1S/C16H22N4OS/c1-5-19(6-2)15(21)10-22-16-18-17-11-20(16)14-8-7-12(3)13(4)9-14/h7-9,11H,5-6,10H2,1-4H3. The Bertz CT molecular complexity index is 649. The largest absolute Gasteiger partial charge is 0.343 e. The molecule has 6 heteroatoms. The Labute approximate surface area is 135 Å². The summed E-state index contributed by atoms with van der Waals surface area (Å²) in [5.74, 6) is 0.509. The van der Waals surface area contributed by atoms with Crippen LogP contribution in [0.15, 0.2) is 29.7 Å². The molecule has 1 aromatic heterocycles. The van der Waals surface area contributed by atoms with Crippen LogP contribution in [-0.4, -0.2) is 44.4 Å². The number of hydrogen-bond acceptors (Lipinski definition) is 4. The van der Waals surface area contributed by atoms with Crippen LogP contribution in [0.3, 0.4) is 0 Å². The summed E-state index contributed by atoms with van der Waals surface area (Å²) in [6.07, 6.45) is 1.69. The van der Waals surface area contributed by atoms with Gasteiger partial charge in [0.15, 0.2) is 5.16 Å². The van der Waals surface area contributed by atoms with Gasteiger partial charge in [-0.15, -0.1) is 10.2 Å². The van der Waals surface area contributed by atoms with Crippen molar-refractivity contribution in [1.29, 1.82) is 0 Å². The number of aromatic nitrogens is 3. The molecule has 22 heavy (non-hydrogen) atoms. The van der Waals surface area contributed by atoms with E-state index in [1.165, 1.54) is 22.9 Å². The molecule has 0 aliphatic carbocycles. The van der Waals surface area contributed by atoms with E-state index < -0.39 is 0 Å². The Balaban J connectivity index is 2.13. The Kier molecular flexibility index (Phi) is 5.60. The van der Waals surface area contributed by atoms with Gasteiger partial charge in [-0.05, 0) is 51.0 Å². The molecular formula is C16H22N4OS. The summed E-state index contributed by atoms with van der Waals surface area (Å²) in [6, 6.07) is 6.23. The highest BCUT2D eigenvalue weighted by Gasteiger charge is 2.13. The zero-order valence-electron chi connectivity index (χ0n) is 13.5. The first-order valence-electron chi connectivity index (χ1n) is 7.45. The van der Waals surface area contributed by atoms with Gasteiger partial charge in [-0.3, -0.25) is 9.36 Å². The van der Waals surface area contributed by atoms with Gasteiger partial charge < -0.3 is 4.90 Å². The number of amides is 1. The monoisotopic (exact) mass is 318 g/mol. The van der Waals surface area contributed by atoms with Crippen molar-refractivity contribution >= 4 is 17.7 Å². The van der Waals surface area contributed by atoms with Crippen molar-refractivity contribution in [2.75, 3.05) is 18.8 Å². The highest BCUT2D eigenvalue weighted by molar-refractivity contribution is 7.99. The lowest BCUT2D eigenvalue weighted by Gasteiger charge is -2.18. The minimum atomic E-state index is 0.129. The van der Waals surface area contributed by atoms with Crippen molar-refractivity contribution in [2.45, 2.75) is 32.9 Å². The maximum Gasteiger partial charge on any atom is 0.233 e. The van der Waals surface area contributed by atoms with Crippen molar-refractivity contribution in [2.24, 2.45) is 0 Å². The minimum Gasteiger partial charge on any atom is -0.343 e. The molecule has 0 N–H and O–H groups in total. The molecule has 0 aliphatic heterocycles. The quantitative estimate of drug-likeness (QED) is 0.769. The first-order valence-corrected chi connectivity index (χ1v) is 8.43. The third kappa shape index (κ3) is 3.68. The van der Waals surface area contributed by atoms with Crippen molar-refractivity contribution < 1.29 is 4.79 Å². The second-order valence-electron chi connectivity index (χ2n) is 5.11. The van der Waals surface area contributed by atoms with Gasteiger partial charge in [-0.1, -0.05) is 17.8 Å². The van der Waals surface area contributed by atoms with Crippen LogP contribution in [0.5, 0.6) is 0 Å². The van der Waals surface area contributed by atoms with Crippen LogP contribution in [0, 0.1) is 13.8 Å². The molecule has 0 radical (unpaired) electrons. The first-order chi connectivity index (χ1) is 10.6. The summed E-state index contributed by atoms with van der Waals surface area (Å²) in [4.78, 5) is 13.9. The van der Waals surface area contributed by atoms with Gasteiger partial charge in [0.25, 0.3) is 0 Å². The van der Waals surface area contributed by atoms with E-state index in [9.17, 15) is 4.79 Å². The number of rotatable bonds is 6. The van der Waals surface area contributed by atoms with E-state index in [2.05, 4.69) is 36.2 Å². The van der Waals surface area contributed by atoms with Gasteiger partial charge in [0, 0.05) is 18.8 Å². The van der Waals surface area contributed by atoms with E-state index in [1.54, 1.807) is 6.33 Å². The Hall–Kier alpha value is -1.82. The van der Waals surface area contributed by atoms with Crippen LogP contribution in [0.2, 0.25) is 0 Å². The van der Waals surface area contributed by atoms with E-state index >= 15 is 0 Å². The molecule has 0 unspecified atom stereocenters. The molecule has 2 rings (SSSR count). The Morgan fingerprint density at radius 1 is 1.23 bits per heavy atom. The molecule has 0 saturated carbocycles. The van der Waals surface area contributed by atoms with Crippen LogP contribution in [0.25, 0.3) is 5.69 Å². The second-order valence-corrected chi connectivity index (χ2v) is 6.05. The lowest BCUT2D eigenvalue weighted by atomic mass is 10.1. The van der Waals surface area contributed by atoms with Gasteiger partial charge >= 0.3 is 0 Å². The number of hydrogen-bond donors (Lipinski definition) is 0. The normalized spacial score (nSPS) is 10.7. The summed E-state index contributed by atoms with van der Waals surface area (Å²) in [7, 11) is 0. The molecule has 1 aromatic carbocycles. The lowest BCUT2D eigenvalue weighted by molar-refractivity contribution is -0.127. The summed E-state index contributed by atoms with van der Waals surface area (Å²) in [5, 5.41) is 8.85. The fourth-order valence-electron chi connectivity index (χ4n) is 2.17. The van der Waals surface area contributed by atoms with E-state index in [1.807, 2.05) is 29.4 Å². The lowest BCUT2D eigenvalue weighted by Crippen LogP contribution is -2.31. The van der Waals surface area contributed by atoms with Gasteiger partial charge in [-0.2, -0.15) is 0 Å². The van der Waals surface area contributed by atoms with Gasteiger partial charge in [0.1, 0.15) is 6.33 Å². The average molecular weight is 318 g/mol. The Morgan fingerprint density at radius 3 is 2.59 bits per heavy atom. The molecule has 0 fully saturated rings. The van der Waals surface area contributed by atoms with Crippen molar-refractivity contribution in [1.82, 2.24) is 19.7 Å². The van der Waals surface area contributed by atoms with E-state index in [-0.39, 0.29) is 5.91 Å². The van der Waals surface area contributed by atoms with Crippen molar-refractivity contribution in [3.05, 3.63) is 35.7 Å². The fourth-order valence-corrected chi connectivity index (χ4v) is 3.00. The molecule has 1 heterocycles. The smallest absolute Gasteiger partial charge is 0.233 e. The summed E-state index contributed by atoms with van der Waals surface area (Å²) < 4.78 is 1.92. The molecule has 0 atom stereocenters. The molecule has 1 amide bonds. The van der Waals surface area contributed by atoms with Crippen LogP contribution in [0.4, 0.5) is 0 Å². The predicted molar refractivity (Wildman–Crippen MR) is 89.5 cm³/mol. The number of aryl methyl sites for hydroxylation is 2. The molecule has 0 saturated heterocycles. The van der Waals surface area contributed by atoms with Crippen LogP contribution < -0.4 is 0 Å². The molecule has 0 spiro atoms. The number of nitrogens with zero attached hydrogens (tertiary/aromatic N) is 4. The summed E-state index contributed by atoms with van der Waals surface area (Å²) in [6.45, 7) is 9.62. The van der Waals surface area contributed by atoms with E-state index in [4.69, 9.17) is 0 Å². The first kappa shape index (κ1) is 16.5. The van der Waals surface area contributed by atoms with E-state index in [0.717, 1.165) is 23.9 Å². The SMILES string of the molecule is CCN(CC)C(=O)CSc1nncn1-c1ccc(C)c(C)c1.